The van der Waals surface area contributed by atoms with Crippen LogP contribution in [0.25, 0.3) is 10.2 Å². The lowest BCUT2D eigenvalue weighted by atomic mass is 10.1. The lowest BCUT2D eigenvalue weighted by Gasteiger charge is -2.30. The van der Waals surface area contributed by atoms with Crippen molar-refractivity contribution in [3.8, 4) is 0 Å². The molecule has 0 saturated heterocycles. The first kappa shape index (κ1) is 17.4. The zero-order valence-corrected chi connectivity index (χ0v) is 16.1. The number of aromatic amines is 1. The van der Waals surface area contributed by atoms with Gasteiger partial charge in [0, 0.05) is 0 Å². The highest BCUT2D eigenvalue weighted by molar-refractivity contribution is 9.11. The van der Waals surface area contributed by atoms with Gasteiger partial charge in [-0.3, -0.25) is 14.3 Å². The van der Waals surface area contributed by atoms with E-state index in [1.807, 2.05) is 41.5 Å². The summed E-state index contributed by atoms with van der Waals surface area (Å²) in [5.74, 6) is 0. The van der Waals surface area contributed by atoms with E-state index < -0.39 is 11.2 Å². The fourth-order valence-electron chi connectivity index (χ4n) is 2.20. The van der Waals surface area contributed by atoms with E-state index >= 15 is 0 Å². The molecule has 0 spiro atoms. The molecule has 0 saturated carbocycles. The molecule has 0 bridgehead atoms. The van der Waals surface area contributed by atoms with Crippen molar-refractivity contribution in [3.05, 3.63) is 30.2 Å². The summed E-state index contributed by atoms with van der Waals surface area (Å²) in [4.78, 5) is 28.6. The van der Waals surface area contributed by atoms with E-state index in [2.05, 4.69) is 20.9 Å². The van der Waals surface area contributed by atoms with E-state index in [9.17, 15) is 9.59 Å². The van der Waals surface area contributed by atoms with Crippen LogP contribution in [0.3, 0.4) is 0 Å². The fraction of sp³-hybridized carbons (Fsp3) is 0.600. The molecule has 0 radical (unpaired) electrons. The van der Waals surface area contributed by atoms with Gasteiger partial charge in [-0.05, 0) is 63.0 Å². The second-order valence-corrected chi connectivity index (χ2v) is 9.33. The van der Waals surface area contributed by atoms with Crippen molar-refractivity contribution < 1.29 is 4.74 Å². The Morgan fingerprint density at radius 1 is 1.23 bits per heavy atom. The monoisotopic (exact) mass is 388 g/mol. The van der Waals surface area contributed by atoms with E-state index in [0.29, 0.717) is 10.2 Å². The van der Waals surface area contributed by atoms with Crippen LogP contribution >= 0.6 is 27.3 Å². The Kier molecular flexibility index (Phi) is 4.45. The first-order valence-corrected chi connectivity index (χ1v) is 8.63. The highest BCUT2D eigenvalue weighted by atomic mass is 79.9. The summed E-state index contributed by atoms with van der Waals surface area (Å²) in [6.45, 7) is 11.6. The zero-order chi connectivity index (χ0) is 16.9. The van der Waals surface area contributed by atoms with Gasteiger partial charge in [0.2, 0.25) is 0 Å². The Morgan fingerprint density at radius 2 is 1.82 bits per heavy atom. The van der Waals surface area contributed by atoms with Gasteiger partial charge in [0.05, 0.1) is 26.9 Å². The van der Waals surface area contributed by atoms with Gasteiger partial charge in [-0.1, -0.05) is 0 Å². The van der Waals surface area contributed by atoms with Crippen LogP contribution < -0.4 is 11.2 Å². The third-order valence-electron chi connectivity index (χ3n) is 3.39. The summed E-state index contributed by atoms with van der Waals surface area (Å²) < 4.78 is 7.90. The number of thiophene rings is 1. The number of halogens is 1. The van der Waals surface area contributed by atoms with Crippen molar-refractivity contribution in [2.45, 2.75) is 52.7 Å². The molecule has 0 aliphatic rings. The average Bonchev–Trinajstić information content (AvgIpc) is 2.61. The number of aryl methyl sites for hydroxylation is 1. The van der Waals surface area contributed by atoms with Crippen LogP contribution in [0, 0.1) is 6.92 Å². The maximum Gasteiger partial charge on any atom is 0.330 e. The minimum Gasteiger partial charge on any atom is -0.373 e. The Morgan fingerprint density at radius 3 is 2.36 bits per heavy atom. The van der Waals surface area contributed by atoms with E-state index in [1.165, 1.54) is 15.9 Å². The molecule has 2 heterocycles. The van der Waals surface area contributed by atoms with Gasteiger partial charge in [-0.2, -0.15) is 0 Å². The van der Waals surface area contributed by atoms with Crippen LogP contribution in [0.2, 0.25) is 0 Å². The van der Waals surface area contributed by atoms with Crippen LogP contribution in [0.15, 0.2) is 13.4 Å². The molecule has 0 atom stereocenters. The number of rotatable bonds is 3. The summed E-state index contributed by atoms with van der Waals surface area (Å²) in [6, 6.07) is 0. The standard InChI is InChI=1S/C15H21BrN2O3S/c1-8-9-11(22-10(8)16)17-13(20)18(12(9)19)15(5,6)7-21-14(2,3)4/h7H2,1-6H3,(H,17,20). The summed E-state index contributed by atoms with van der Waals surface area (Å²) in [5, 5.41) is 0.556. The van der Waals surface area contributed by atoms with Crippen molar-refractivity contribution in [2.24, 2.45) is 0 Å². The van der Waals surface area contributed by atoms with Crippen LogP contribution in [0.5, 0.6) is 0 Å². The average molecular weight is 389 g/mol. The Labute approximate surface area is 141 Å². The van der Waals surface area contributed by atoms with E-state index in [1.54, 1.807) is 0 Å². The highest BCUT2D eigenvalue weighted by Crippen LogP contribution is 2.31. The summed E-state index contributed by atoms with van der Waals surface area (Å²) >= 11 is 4.78. The van der Waals surface area contributed by atoms with Gasteiger partial charge in [0.15, 0.2) is 0 Å². The van der Waals surface area contributed by atoms with Gasteiger partial charge in [0.25, 0.3) is 5.56 Å². The molecule has 5 nitrogen and oxygen atoms in total. The largest absolute Gasteiger partial charge is 0.373 e. The number of fused-ring (bicyclic) bond motifs is 1. The first-order chi connectivity index (χ1) is 9.94. The highest BCUT2D eigenvalue weighted by Gasteiger charge is 2.29. The Hall–Kier alpha value is -0.920. The molecule has 0 fully saturated rings. The molecule has 22 heavy (non-hydrogen) atoms. The van der Waals surface area contributed by atoms with Crippen molar-refractivity contribution in [1.29, 1.82) is 0 Å². The predicted octanol–water partition coefficient (Wildman–Crippen LogP) is 3.37. The number of H-pyrrole nitrogens is 1. The smallest absolute Gasteiger partial charge is 0.330 e. The molecule has 1 N–H and O–H groups in total. The minimum absolute atomic E-state index is 0.273. The fourth-order valence-corrected chi connectivity index (χ4v) is 3.79. The van der Waals surface area contributed by atoms with E-state index in [0.717, 1.165) is 9.35 Å². The van der Waals surface area contributed by atoms with Crippen molar-refractivity contribution >= 4 is 37.5 Å². The van der Waals surface area contributed by atoms with Crippen molar-refractivity contribution in [3.63, 3.8) is 0 Å². The molecular formula is C15H21BrN2O3S. The first-order valence-electron chi connectivity index (χ1n) is 7.02. The third kappa shape index (κ3) is 3.21. The molecule has 122 valence electrons. The molecule has 0 aliphatic heterocycles. The number of aromatic nitrogens is 2. The number of nitrogens with zero attached hydrogens (tertiary/aromatic N) is 1. The second kappa shape index (κ2) is 5.62. The SMILES string of the molecule is Cc1c(Br)sc2[nH]c(=O)n(C(C)(C)COC(C)(C)C)c(=O)c12. The predicted molar refractivity (Wildman–Crippen MR) is 94.2 cm³/mol. The van der Waals surface area contributed by atoms with Gasteiger partial charge in [0.1, 0.15) is 4.83 Å². The van der Waals surface area contributed by atoms with Gasteiger partial charge in [-0.15, -0.1) is 11.3 Å². The molecule has 2 aromatic rings. The molecule has 0 aliphatic carbocycles. The maximum atomic E-state index is 12.8. The normalized spacial score (nSPS) is 13.0. The Balaban J connectivity index is 2.62. The topological polar surface area (TPSA) is 64.1 Å². The van der Waals surface area contributed by atoms with Crippen LogP contribution in [0.4, 0.5) is 0 Å². The Bertz CT molecular complexity index is 824. The number of hydrogen-bond acceptors (Lipinski definition) is 4. The van der Waals surface area contributed by atoms with Crippen molar-refractivity contribution in [1.82, 2.24) is 9.55 Å². The molecule has 2 aromatic heterocycles. The van der Waals surface area contributed by atoms with E-state index in [-0.39, 0.29) is 17.8 Å². The molecule has 2 rings (SSSR count). The molecule has 0 amide bonds. The molecule has 0 aromatic carbocycles. The molecular weight excluding hydrogens is 368 g/mol. The molecule has 0 unspecified atom stereocenters. The van der Waals surface area contributed by atoms with Gasteiger partial charge < -0.3 is 4.74 Å². The summed E-state index contributed by atoms with van der Waals surface area (Å²) in [7, 11) is 0. The minimum atomic E-state index is -0.743. The van der Waals surface area contributed by atoms with E-state index in [4.69, 9.17) is 4.74 Å². The van der Waals surface area contributed by atoms with Crippen LogP contribution in [-0.4, -0.2) is 21.8 Å². The quantitative estimate of drug-likeness (QED) is 0.876. The number of hydrogen-bond donors (Lipinski definition) is 1. The van der Waals surface area contributed by atoms with Gasteiger partial charge in [-0.25, -0.2) is 4.79 Å². The van der Waals surface area contributed by atoms with Crippen molar-refractivity contribution in [2.75, 3.05) is 6.61 Å². The third-order valence-corrected chi connectivity index (χ3v) is 5.47. The van der Waals surface area contributed by atoms with Gasteiger partial charge >= 0.3 is 5.69 Å². The lowest BCUT2D eigenvalue weighted by Crippen LogP contribution is -2.49. The zero-order valence-electron chi connectivity index (χ0n) is 13.7. The number of ether oxygens (including phenoxy) is 1. The lowest BCUT2D eigenvalue weighted by molar-refractivity contribution is -0.0406. The second-order valence-electron chi connectivity index (χ2n) is 6.99. The van der Waals surface area contributed by atoms with Crippen LogP contribution in [-0.2, 0) is 10.3 Å². The summed E-state index contributed by atoms with van der Waals surface area (Å²) in [6.07, 6.45) is 0. The van der Waals surface area contributed by atoms with Crippen LogP contribution in [0.1, 0.15) is 40.2 Å². The number of nitrogens with one attached hydrogen (secondary N) is 1. The molecule has 7 heteroatoms. The maximum absolute atomic E-state index is 12.8. The summed E-state index contributed by atoms with van der Waals surface area (Å²) in [5.41, 5.74) is -0.913.